The zero-order chi connectivity index (χ0) is 20.2. The minimum Gasteiger partial charge on any atom is -0.460 e. The van der Waals surface area contributed by atoms with E-state index in [9.17, 15) is 9.59 Å². The molecule has 1 rings (SSSR count). The number of carbonyl (C=O) groups is 2. The summed E-state index contributed by atoms with van der Waals surface area (Å²) in [5, 5.41) is 2.81. The van der Waals surface area contributed by atoms with E-state index in [0.717, 1.165) is 19.2 Å². The molecule has 150 valence electrons. The van der Waals surface area contributed by atoms with Crippen LogP contribution in [0.4, 0.5) is 0 Å². The molecule has 1 amide bonds. The maximum absolute atomic E-state index is 12.1. The Morgan fingerprint density at radius 1 is 1.12 bits per heavy atom. The van der Waals surface area contributed by atoms with Crippen molar-refractivity contribution in [3.05, 3.63) is 0 Å². The summed E-state index contributed by atoms with van der Waals surface area (Å²) >= 11 is 0. The van der Waals surface area contributed by atoms with Gasteiger partial charge in [-0.2, -0.15) is 0 Å². The van der Waals surface area contributed by atoms with Crippen LogP contribution >= 0.6 is 0 Å². The molecule has 1 unspecified atom stereocenters. The summed E-state index contributed by atoms with van der Waals surface area (Å²) in [7, 11) is -0.233. The van der Waals surface area contributed by atoms with Gasteiger partial charge in [0.1, 0.15) is 5.60 Å². The average Bonchev–Trinajstić information content (AvgIpc) is 2.61. The molecule has 0 aliphatic carbocycles. The molecular formula is C19H36BNO5. The highest BCUT2D eigenvalue weighted by molar-refractivity contribution is 6.45. The molecule has 1 aliphatic rings. The Morgan fingerprint density at radius 2 is 1.65 bits per heavy atom. The van der Waals surface area contributed by atoms with Gasteiger partial charge in [-0.3, -0.25) is 9.59 Å². The van der Waals surface area contributed by atoms with E-state index in [1.165, 1.54) is 6.92 Å². The van der Waals surface area contributed by atoms with Crippen molar-refractivity contribution in [1.29, 1.82) is 0 Å². The van der Waals surface area contributed by atoms with E-state index in [4.69, 9.17) is 14.0 Å². The predicted octanol–water partition coefficient (Wildman–Crippen LogP) is 3.34. The van der Waals surface area contributed by atoms with Gasteiger partial charge in [0, 0.05) is 13.5 Å². The molecule has 0 radical (unpaired) electrons. The van der Waals surface area contributed by atoms with Crippen LogP contribution in [-0.2, 0) is 23.6 Å². The van der Waals surface area contributed by atoms with Crippen molar-refractivity contribution in [1.82, 2.24) is 5.32 Å². The minimum atomic E-state index is -0.502. The summed E-state index contributed by atoms with van der Waals surface area (Å²) in [6, 6.07) is 0. The van der Waals surface area contributed by atoms with Gasteiger partial charge in [0.2, 0.25) is 5.91 Å². The van der Waals surface area contributed by atoms with Crippen LogP contribution in [0.1, 0.15) is 74.7 Å². The molecule has 0 aromatic rings. The minimum absolute atomic E-state index is 0.0381. The Balaban J connectivity index is 2.50. The molecule has 0 aromatic heterocycles. The highest BCUT2D eigenvalue weighted by Gasteiger charge is 2.50. The first-order valence-corrected chi connectivity index (χ1v) is 9.54. The maximum Gasteiger partial charge on any atom is 0.457 e. The van der Waals surface area contributed by atoms with Crippen molar-refractivity contribution in [3.63, 3.8) is 0 Å². The van der Waals surface area contributed by atoms with E-state index in [1.54, 1.807) is 0 Å². The summed E-state index contributed by atoms with van der Waals surface area (Å²) in [5.41, 5.74) is -1.16. The van der Waals surface area contributed by atoms with Crippen molar-refractivity contribution >= 4 is 19.0 Å². The van der Waals surface area contributed by atoms with Gasteiger partial charge in [0.05, 0.1) is 17.6 Å². The highest BCUT2D eigenvalue weighted by Crippen LogP contribution is 2.38. The Labute approximate surface area is 158 Å². The lowest BCUT2D eigenvalue weighted by molar-refractivity contribution is -0.156. The summed E-state index contributed by atoms with van der Waals surface area (Å²) in [6.07, 6.45) is 2.70. The number of carbonyl (C=O) groups excluding carboxylic acids is 2. The number of ether oxygens (including phenoxy) is 1. The van der Waals surface area contributed by atoms with E-state index >= 15 is 0 Å². The number of hydrogen-bond donors (Lipinski definition) is 1. The third-order valence-corrected chi connectivity index (χ3v) is 4.87. The monoisotopic (exact) mass is 369 g/mol. The first kappa shape index (κ1) is 23.0. The first-order chi connectivity index (χ1) is 11.7. The summed E-state index contributed by atoms with van der Waals surface area (Å²) in [6.45, 7) is 15.7. The molecule has 1 aliphatic heterocycles. The van der Waals surface area contributed by atoms with Crippen LogP contribution < -0.4 is 5.32 Å². The fraction of sp³-hybridized carbons (Fsp3) is 0.895. The van der Waals surface area contributed by atoms with Gasteiger partial charge in [-0.1, -0.05) is 6.42 Å². The lowest BCUT2D eigenvalue weighted by Gasteiger charge is -2.32. The highest BCUT2D eigenvalue weighted by atomic mass is 16.7. The third-order valence-electron chi connectivity index (χ3n) is 4.87. The van der Waals surface area contributed by atoms with Gasteiger partial charge < -0.3 is 19.4 Å². The van der Waals surface area contributed by atoms with E-state index in [-0.39, 0.29) is 36.1 Å². The van der Waals surface area contributed by atoms with E-state index < -0.39 is 5.60 Å². The van der Waals surface area contributed by atoms with Crippen LogP contribution in [0.15, 0.2) is 0 Å². The first-order valence-electron chi connectivity index (χ1n) is 9.54. The molecule has 1 N–H and O–H groups in total. The Kier molecular flexibility index (Phi) is 7.72. The zero-order valence-corrected chi connectivity index (χ0v) is 17.7. The van der Waals surface area contributed by atoms with Crippen molar-refractivity contribution in [2.45, 2.75) is 97.8 Å². The van der Waals surface area contributed by atoms with Crippen LogP contribution in [0.25, 0.3) is 0 Å². The standard InChI is InChI=1S/C19H36BNO5/c1-14(22)21-13-15(12-16(23)24-17(2,3)4)10-9-11-20-25-18(5,6)19(7,8)26-20/h15H,9-13H2,1-8H3,(H,21,22). The average molecular weight is 369 g/mol. The van der Waals surface area contributed by atoms with Crippen molar-refractivity contribution in [2.75, 3.05) is 6.54 Å². The Morgan fingerprint density at radius 3 is 2.12 bits per heavy atom. The molecule has 6 nitrogen and oxygen atoms in total. The second kappa shape index (κ2) is 8.74. The topological polar surface area (TPSA) is 73.9 Å². The van der Waals surface area contributed by atoms with Crippen LogP contribution in [-0.4, -0.2) is 42.3 Å². The summed E-state index contributed by atoms with van der Waals surface area (Å²) < 4.78 is 17.4. The fourth-order valence-electron chi connectivity index (χ4n) is 2.84. The lowest BCUT2D eigenvalue weighted by Crippen LogP contribution is -2.41. The number of nitrogens with one attached hydrogen (secondary N) is 1. The van der Waals surface area contributed by atoms with Gasteiger partial charge in [-0.25, -0.2) is 0 Å². The summed E-state index contributed by atoms with van der Waals surface area (Å²) in [4.78, 5) is 23.3. The van der Waals surface area contributed by atoms with E-state index in [2.05, 4.69) is 5.32 Å². The molecule has 1 atom stereocenters. The Bertz CT molecular complexity index is 483. The largest absolute Gasteiger partial charge is 0.460 e. The van der Waals surface area contributed by atoms with Crippen LogP contribution in [0.2, 0.25) is 6.32 Å². The molecule has 0 saturated carbocycles. The van der Waals surface area contributed by atoms with Gasteiger partial charge in [-0.15, -0.1) is 0 Å². The molecule has 7 heteroatoms. The predicted molar refractivity (Wildman–Crippen MR) is 103 cm³/mol. The fourth-order valence-corrected chi connectivity index (χ4v) is 2.84. The zero-order valence-electron chi connectivity index (χ0n) is 17.7. The number of rotatable bonds is 8. The second-order valence-corrected chi connectivity index (χ2v) is 9.21. The quantitative estimate of drug-likeness (QED) is 0.525. The van der Waals surface area contributed by atoms with Gasteiger partial charge in [-0.05, 0) is 67.1 Å². The van der Waals surface area contributed by atoms with E-state index in [1.807, 2.05) is 48.5 Å². The SMILES string of the molecule is CC(=O)NCC(CCCB1OC(C)(C)C(C)(C)O1)CC(=O)OC(C)(C)C. The van der Waals surface area contributed by atoms with Gasteiger partial charge in [0.15, 0.2) is 0 Å². The van der Waals surface area contributed by atoms with Gasteiger partial charge >= 0.3 is 13.1 Å². The molecule has 26 heavy (non-hydrogen) atoms. The van der Waals surface area contributed by atoms with Crippen molar-refractivity contribution in [3.8, 4) is 0 Å². The van der Waals surface area contributed by atoms with Gasteiger partial charge in [0.25, 0.3) is 0 Å². The molecule has 1 saturated heterocycles. The third kappa shape index (κ3) is 7.66. The molecular weight excluding hydrogens is 333 g/mol. The lowest BCUT2D eigenvalue weighted by atomic mass is 9.80. The van der Waals surface area contributed by atoms with Crippen LogP contribution in [0.3, 0.4) is 0 Å². The Hall–Kier alpha value is -1.08. The molecule has 1 fully saturated rings. The molecule has 0 spiro atoms. The maximum atomic E-state index is 12.1. The van der Waals surface area contributed by atoms with E-state index in [0.29, 0.717) is 13.0 Å². The van der Waals surface area contributed by atoms with Crippen molar-refractivity contribution < 1.29 is 23.6 Å². The molecule has 0 bridgehead atoms. The number of hydrogen-bond acceptors (Lipinski definition) is 5. The normalized spacial score (nSPS) is 19.9. The number of esters is 1. The molecule has 1 heterocycles. The van der Waals surface area contributed by atoms with Crippen LogP contribution in [0, 0.1) is 5.92 Å². The second-order valence-electron chi connectivity index (χ2n) is 9.21. The number of amides is 1. The van der Waals surface area contributed by atoms with Crippen molar-refractivity contribution in [2.24, 2.45) is 5.92 Å². The molecule has 0 aromatic carbocycles. The smallest absolute Gasteiger partial charge is 0.457 e. The van der Waals surface area contributed by atoms with Crippen LogP contribution in [0.5, 0.6) is 0 Å². The summed E-state index contributed by atoms with van der Waals surface area (Å²) in [5.74, 6) is -0.287.